The van der Waals surface area contributed by atoms with Gasteiger partial charge in [0.2, 0.25) is 5.91 Å². The molecule has 2 saturated heterocycles. The fourth-order valence-corrected chi connectivity index (χ4v) is 2.80. The van der Waals surface area contributed by atoms with E-state index in [0.717, 1.165) is 39.1 Å². The Morgan fingerprint density at radius 3 is 3.00 bits per heavy atom. The Kier molecular flexibility index (Phi) is 5.41. The van der Waals surface area contributed by atoms with E-state index < -0.39 is 0 Å². The van der Waals surface area contributed by atoms with E-state index in [1.54, 1.807) is 0 Å². The standard InChI is InChI=1S/C13H25N3O2/c1-14-7-11-4-5-16(9-11)10-13(17)15-8-12-3-2-6-18-12/h11-12,14H,2-10H2,1H3,(H,15,17). The number of hydrogen-bond acceptors (Lipinski definition) is 4. The normalized spacial score (nSPS) is 28.7. The third-order valence-electron chi connectivity index (χ3n) is 3.78. The smallest absolute Gasteiger partial charge is 0.234 e. The number of nitrogens with zero attached hydrogens (tertiary/aromatic N) is 1. The van der Waals surface area contributed by atoms with Crippen molar-refractivity contribution in [3.05, 3.63) is 0 Å². The fourth-order valence-electron chi connectivity index (χ4n) is 2.80. The van der Waals surface area contributed by atoms with Gasteiger partial charge in [-0.3, -0.25) is 9.69 Å². The summed E-state index contributed by atoms with van der Waals surface area (Å²) in [6, 6.07) is 0. The van der Waals surface area contributed by atoms with Gasteiger partial charge < -0.3 is 15.4 Å². The molecular formula is C13H25N3O2. The Morgan fingerprint density at radius 2 is 2.28 bits per heavy atom. The van der Waals surface area contributed by atoms with Crippen molar-refractivity contribution in [1.82, 2.24) is 15.5 Å². The van der Waals surface area contributed by atoms with Crippen LogP contribution in [0.15, 0.2) is 0 Å². The molecule has 2 heterocycles. The molecule has 0 aliphatic carbocycles. The molecule has 2 aliphatic rings. The predicted octanol–water partition coefficient (Wildman–Crippen LogP) is -0.177. The summed E-state index contributed by atoms with van der Waals surface area (Å²) in [5.74, 6) is 0.830. The number of carbonyl (C=O) groups is 1. The summed E-state index contributed by atoms with van der Waals surface area (Å²) >= 11 is 0. The molecule has 0 bridgehead atoms. The molecule has 5 nitrogen and oxygen atoms in total. The minimum Gasteiger partial charge on any atom is -0.376 e. The van der Waals surface area contributed by atoms with Crippen LogP contribution < -0.4 is 10.6 Å². The lowest BCUT2D eigenvalue weighted by molar-refractivity contribution is -0.122. The molecule has 0 aromatic carbocycles. The van der Waals surface area contributed by atoms with Gasteiger partial charge in [0.25, 0.3) is 0 Å². The molecule has 0 aromatic heterocycles. The van der Waals surface area contributed by atoms with Crippen molar-refractivity contribution in [3.63, 3.8) is 0 Å². The molecule has 0 spiro atoms. The van der Waals surface area contributed by atoms with Crippen LogP contribution in [0.5, 0.6) is 0 Å². The van der Waals surface area contributed by atoms with E-state index in [9.17, 15) is 4.79 Å². The number of hydrogen-bond donors (Lipinski definition) is 2. The third kappa shape index (κ3) is 4.23. The summed E-state index contributed by atoms with van der Waals surface area (Å²) in [4.78, 5) is 14.0. The average molecular weight is 255 g/mol. The lowest BCUT2D eigenvalue weighted by Crippen LogP contribution is -2.39. The Morgan fingerprint density at radius 1 is 1.39 bits per heavy atom. The second-order valence-corrected chi connectivity index (χ2v) is 5.39. The largest absolute Gasteiger partial charge is 0.376 e. The van der Waals surface area contributed by atoms with Gasteiger partial charge in [-0.2, -0.15) is 0 Å². The van der Waals surface area contributed by atoms with Crippen LogP contribution in [-0.4, -0.2) is 63.3 Å². The quantitative estimate of drug-likeness (QED) is 0.691. The van der Waals surface area contributed by atoms with Gasteiger partial charge in [-0.05, 0) is 45.3 Å². The lowest BCUT2D eigenvalue weighted by atomic mass is 10.1. The first-order chi connectivity index (χ1) is 8.78. The Balaban J connectivity index is 1.59. The van der Waals surface area contributed by atoms with E-state index in [0.29, 0.717) is 19.0 Å². The highest BCUT2D eigenvalue weighted by molar-refractivity contribution is 5.78. The minimum absolute atomic E-state index is 0.135. The van der Waals surface area contributed by atoms with Gasteiger partial charge in [-0.25, -0.2) is 0 Å². The van der Waals surface area contributed by atoms with Crippen LogP contribution in [-0.2, 0) is 9.53 Å². The number of ether oxygens (including phenoxy) is 1. The van der Waals surface area contributed by atoms with Gasteiger partial charge in [0.1, 0.15) is 0 Å². The van der Waals surface area contributed by atoms with Gasteiger partial charge in [-0.15, -0.1) is 0 Å². The van der Waals surface area contributed by atoms with E-state index in [1.807, 2.05) is 7.05 Å². The zero-order valence-corrected chi connectivity index (χ0v) is 11.3. The number of amides is 1. The molecule has 0 radical (unpaired) electrons. The summed E-state index contributed by atoms with van der Waals surface area (Å²) in [6.07, 6.45) is 3.64. The van der Waals surface area contributed by atoms with Crippen LogP contribution in [0.1, 0.15) is 19.3 Å². The molecule has 2 unspecified atom stereocenters. The summed E-state index contributed by atoms with van der Waals surface area (Å²) in [7, 11) is 1.98. The first kappa shape index (κ1) is 13.8. The van der Waals surface area contributed by atoms with E-state index >= 15 is 0 Å². The van der Waals surface area contributed by atoms with Gasteiger partial charge in [0.15, 0.2) is 0 Å². The number of carbonyl (C=O) groups excluding carboxylic acids is 1. The molecule has 2 fully saturated rings. The van der Waals surface area contributed by atoms with E-state index in [4.69, 9.17) is 4.74 Å². The van der Waals surface area contributed by atoms with Crippen molar-refractivity contribution in [3.8, 4) is 0 Å². The topological polar surface area (TPSA) is 53.6 Å². The summed E-state index contributed by atoms with van der Waals surface area (Å²) < 4.78 is 5.49. The number of rotatable bonds is 6. The second-order valence-electron chi connectivity index (χ2n) is 5.39. The molecule has 104 valence electrons. The highest BCUT2D eigenvalue weighted by atomic mass is 16.5. The van der Waals surface area contributed by atoms with Crippen LogP contribution >= 0.6 is 0 Å². The first-order valence-electron chi connectivity index (χ1n) is 7.03. The summed E-state index contributed by atoms with van der Waals surface area (Å²) in [5, 5.41) is 6.18. The molecule has 2 rings (SSSR count). The van der Waals surface area contributed by atoms with Gasteiger partial charge in [0, 0.05) is 19.7 Å². The van der Waals surface area contributed by atoms with Gasteiger partial charge in [-0.1, -0.05) is 0 Å². The number of likely N-dealkylation sites (tertiary alicyclic amines) is 1. The van der Waals surface area contributed by atoms with Crippen molar-refractivity contribution in [2.75, 3.05) is 46.4 Å². The molecule has 2 aliphatic heterocycles. The van der Waals surface area contributed by atoms with Gasteiger partial charge in [0.05, 0.1) is 12.6 Å². The van der Waals surface area contributed by atoms with Crippen molar-refractivity contribution in [2.45, 2.75) is 25.4 Å². The molecule has 18 heavy (non-hydrogen) atoms. The predicted molar refractivity (Wildman–Crippen MR) is 70.5 cm³/mol. The average Bonchev–Trinajstić information content (AvgIpc) is 2.99. The molecule has 5 heteroatoms. The van der Waals surface area contributed by atoms with Crippen LogP contribution in [0.3, 0.4) is 0 Å². The lowest BCUT2D eigenvalue weighted by Gasteiger charge is -2.16. The maximum atomic E-state index is 11.8. The molecule has 0 aromatic rings. The Hall–Kier alpha value is -0.650. The second kappa shape index (κ2) is 7.07. The number of nitrogens with one attached hydrogen (secondary N) is 2. The maximum Gasteiger partial charge on any atom is 0.234 e. The van der Waals surface area contributed by atoms with Gasteiger partial charge >= 0.3 is 0 Å². The monoisotopic (exact) mass is 255 g/mol. The summed E-state index contributed by atoms with van der Waals surface area (Å²) in [6.45, 7) is 5.18. The fraction of sp³-hybridized carbons (Fsp3) is 0.923. The molecule has 2 N–H and O–H groups in total. The zero-order chi connectivity index (χ0) is 12.8. The molecule has 1 amide bonds. The van der Waals surface area contributed by atoms with Crippen molar-refractivity contribution >= 4 is 5.91 Å². The minimum atomic E-state index is 0.135. The van der Waals surface area contributed by atoms with E-state index in [2.05, 4.69) is 15.5 Å². The molecule has 2 atom stereocenters. The highest BCUT2D eigenvalue weighted by Crippen LogP contribution is 2.14. The van der Waals surface area contributed by atoms with E-state index in [1.165, 1.54) is 6.42 Å². The zero-order valence-electron chi connectivity index (χ0n) is 11.3. The highest BCUT2D eigenvalue weighted by Gasteiger charge is 2.23. The van der Waals surface area contributed by atoms with Crippen LogP contribution in [0.4, 0.5) is 0 Å². The van der Waals surface area contributed by atoms with E-state index in [-0.39, 0.29) is 12.0 Å². The van der Waals surface area contributed by atoms with Crippen LogP contribution in [0.2, 0.25) is 0 Å². The first-order valence-corrected chi connectivity index (χ1v) is 7.03. The van der Waals surface area contributed by atoms with Crippen molar-refractivity contribution < 1.29 is 9.53 Å². The Bertz CT molecular complexity index is 267. The van der Waals surface area contributed by atoms with Crippen molar-refractivity contribution in [2.24, 2.45) is 5.92 Å². The summed E-state index contributed by atoms with van der Waals surface area (Å²) in [5.41, 5.74) is 0. The Labute approximate surface area is 109 Å². The van der Waals surface area contributed by atoms with Crippen LogP contribution in [0.25, 0.3) is 0 Å². The van der Waals surface area contributed by atoms with Crippen molar-refractivity contribution in [1.29, 1.82) is 0 Å². The van der Waals surface area contributed by atoms with Crippen LogP contribution in [0, 0.1) is 5.92 Å². The SMILES string of the molecule is CNCC1CCN(CC(=O)NCC2CCCO2)C1. The maximum absolute atomic E-state index is 11.8. The molecular weight excluding hydrogens is 230 g/mol. The molecule has 0 saturated carbocycles. The third-order valence-corrected chi connectivity index (χ3v) is 3.78.